The van der Waals surface area contributed by atoms with Crippen molar-refractivity contribution in [3.8, 4) is 0 Å². The Morgan fingerprint density at radius 2 is 1.50 bits per heavy atom. The molecule has 0 saturated carbocycles. The van der Waals surface area contributed by atoms with Gasteiger partial charge >= 0.3 is 0 Å². The molecule has 2 aromatic rings. The van der Waals surface area contributed by atoms with E-state index in [1.807, 2.05) is 52.8 Å². The summed E-state index contributed by atoms with van der Waals surface area (Å²) in [6.07, 6.45) is 5.40. The van der Waals surface area contributed by atoms with Gasteiger partial charge in [-0.1, -0.05) is 76.1 Å². The summed E-state index contributed by atoms with van der Waals surface area (Å²) in [5.74, 6) is 0. The minimum absolute atomic E-state index is 0.890. The number of pyridine rings is 1. The van der Waals surface area contributed by atoms with E-state index in [0.29, 0.717) is 0 Å². The Morgan fingerprint density at radius 1 is 0.929 bits per heavy atom. The number of benzene rings is 1. The van der Waals surface area contributed by atoms with Gasteiger partial charge in [0.05, 0.1) is 11.4 Å². The molecule has 0 unspecified atom stereocenters. The number of nitrogens with two attached hydrogens (primary N) is 1. The van der Waals surface area contributed by atoms with Gasteiger partial charge in [-0.25, -0.2) is 4.98 Å². The van der Waals surface area contributed by atoms with Gasteiger partial charge in [0, 0.05) is 17.3 Å². The minimum Gasteiger partial charge on any atom is -0.404 e. The van der Waals surface area contributed by atoms with Crippen LogP contribution in [0.2, 0.25) is 0 Å². The van der Waals surface area contributed by atoms with Crippen molar-refractivity contribution >= 4 is 22.3 Å². The monoisotopic (exact) mass is 372 g/mol. The third-order valence-electron chi connectivity index (χ3n) is 4.26. The van der Waals surface area contributed by atoms with Gasteiger partial charge in [-0.05, 0) is 54.7 Å². The molecule has 0 aliphatic rings. The van der Waals surface area contributed by atoms with Gasteiger partial charge in [-0.15, -0.1) is 0 Å². The van der Waals surface area contributed by atoms with Crippen molar-refractivity contribution in [2.75, 3.05) is 0 Å². The van der Waals surface area contributed by atoms with Crippen LogP contribution in [0.25, 0.3) is 22.3 Å². The van der Waals surface area contributed by atoms with Crippen LogP contribution in [0.1, 0.15) is 62.7 Å². The van der Waals surface area contributed by atoms with Gasteiger partial charge in [-0.2, -0.15) is 0 Å². The standard InChI is InChI=1S/C24H26N2.C2H6/c1-7-18(15-25)19-9-11-20(12-10-19)21(8-2)24-22(16(3)4)13-14-23(26-24)17(5)6;1-2/h7-15H,1,3,5,25H2,2,4,6H3;1-2H3/b18-15+,21-8-;. The van der Waals surface area contributed by atoms with Crippen LogP contribution >= 0.6 is 0 Å². The smallest absolute Gasteiger partial charge is 0.0786 e. The first-order chi connectivity index (χ1) is 13.4. The van der Waals surface area contributed by atoms with Crippen molar-refractivity contribution < 1.29 is 0 Å². The van der Waals surface area contributed by atoms with E-state index in [0.717, 1.165) is 50.4 Å². The molecule has 1 aromatic carbocycles. The van der Waals surface area contributed by atoms with Crippen LogP contribution in [0.4, 0.5) is 0 Å². The van der Waals surface area contributed by atoms with Crippen LogP contribution in [0.3, 0.4) is 0 Å². The van der Waals surface area contributed by atoms with Gasteiger partial charge in [0.25, 0.3) is 0 Å². The van der Waals surface area contributed by atoms with Crippen molar-refractivity contribution in [1.82, 2.24) is 4.98 Å². The largest absolute Gasteiger partial charge is 0.404 e. The Labute approximate surface area is 170 Å². The lowest BCUT2D eigenvalue weighted by atomic mass is 9.93. The molecular weight excluding hydrogens is 340 g/mol. The molecule has 2 rings (SSSR count). The highest BCUT2D eigenvalue weighted by Crippen LogP contribution is 2.30. The van der Waals surface area contributed by atoms with Crippen LogP contribution < -0.4 is 5.73 Å². The molecule has 0 saturated heterocycles. The molecule has 0 radical (unpaired) electrons. The second-order valence-electron chi connectivity index (χ2n) is 6.26. The van der Waals surface area contributed by atoms with Crippen LogP contribution in [0, 0.1) is 0 Å². The number of allylic oxidation sites excluding steroid dienone is 5. The normalized spacial score (nSPS) is 11.3. The zero-order chi connectivity index (χ0) is 21.3. The van der Waals surface area contributed by atoms with Crippen molar-refractivity contribution in [3.63, 3.8) is 0 Å². The average molecular weight is 373 g/mol. The highest BCUT2D eigenvalue weighted by atomic mass is 14.7. The van der Waals surface area contributed by atoms with E-state index in [1.54, 1.807) is 12.3 Å². The van der Waals surface area contributed by atoms with Crippen molar-refractivity contribution in [2.24, 2.45) is 5.73 Å². The first kappa shape index (κ1) is 22.9. The van der Waals surface area contributed by atoms with E-state index in [4.69, 9.17) is 10.7 Å². The van der Waals surface area contributed by atoms with Gasteiger partial charge in [0.15, 0.2) is 0 Å². The molecule has 0 atom stereocenters. The van der Waals surface area contributed by atoms with E-state index in [9.17, 15) is 0 Å². The van der Waals surface area contributed by atoms with Gasteiger partial charge in [0.2, 0.25) is 0 Å². The lowest BCUT2D eigenvalue weighted by Gasteiger charge is -2.15. The van der Waals surface area contributed by atoms with Gasteiger partial charge in [0.1, 0.15) is 0 Å². The first-order valence-electron chi connectivity index (χ1n) is 9.57. The third-order valence-corrected chi connectivity index (χ3v) is 4.26. The van der Waals surface area contributed by atoms with Crippen molar-refractivity contribution in [3.05, 3.63) is 103 Å². The van der Waals surface area contributed by atoms with Crippen molar-refractivity contribution in [2.45, 2.75) is 34.6 Å². The maximum absolute atomic E-state index is 5.66. The van der Waals surface area contributed by atoms with Crippen LogP contribution in [0.5, 0.6) is 0 Å². The zero-order valence-corrected chi connectivity index (χ0v) is 17.8. The fourth-order valence-electron chi connectivity index (χ4n) is 2.81. The minimum atomic E-state index is 0.890. The molecule has 0 amide bonds. The summed E-state index contributed by atoms with van der Waals surface area (Å²) in [6.45, 7) is 21.9. The molecule has 0 bridgehead atoms. The molecule has 2 heteroatoms. The maximum atomic E-state index is 5.66. The molecular formula is C26H32N2. The summed E-state index contributed by atoms with van der Waals surface area (Å²) >= 11 is 0. The molecule has 0 aliphatic carbocycles. The van der Waals surface area contributed by atoms with Crippen LogP contribution in [0.15, 0.2) is 74.5 Å². The topological polar surface area (TPSA) is 38.9 Å². The van der Waals surface area contributed by atoms with Gasteiger partial charge in [-0.3, -0.25) is 0 Å². The Kier molecular flexibility index (Phi) is 8.90. The molecule has 2 nitrogen and oxygen atoms in total. The maximum Gasteiger partial charge on any atom is 0.0786 e. The Bertz CT molecular complexity index is 910. The predicted molar refractivity (Wildman–Crippen MR) is 127 cm³/mol. The average Bonchev–Trinajstić information content (AvgIpc) is 2.71. The lowest BCUT2D eigenvalue weighted by molar-refractivity contribution is 1.21. The summed E-state index contributed by atoms with van der Waals surface area (Å²) < 4.78 is 0. The highest BCUT2D eigenvalue weighted by Gasteiger charge is 2.13. The Hall–Kier alpha value is -3.13. The third kappa shape index (κ3) is 5.20. The molecule has 0 aliphatic heterocycles. The second-order valence-corrected chi connectivity index (χ2v) is 6.26. The summed E-state index contributed by atoms with van der Waals surface area (Å²) in [7, 11) is 0. The molecule has 146 valence electrons. The summed E-state index contributed by atoms with van der Waals surface area (Å²) in [5.41, 5.74) is 14.5. The molecule has 1 heterocycles. The first-order valence-corrected chi connectivity index (χ1v) is 9.57. The van der Waals surface area contributed by atoms with Crippen molar-refractivity contribution in [1.29, 1.82) is 0 Å². The summed E-state index contributed by atoms with van der Waals surface area (Å²) in [4.78, 5) is 4.85. The molecule has 2 N–H and O–H groups in total. The SMILES string of the molecule is C=C/C(=C\N)c1ccc(/C(=C/C)c2nc(C(=C)C)ccc2C(=C)C)cc1.CC. The number of hydrogen-bond donors (Lipinski definition) is 1. The number of nitrogens with zero attached hydrogens (tertiary/aromatic N) is 1. The van der Waals surface area contributed by atoms with Crippen LogP contribution in [-0.2, 0) is 0 Å². The fraction of sp³-hybridized carbons (Fsp3) is 0.192. The molecule has 0 fully saturated rings. The number of aromatic nitrogens is 1. The van der Waals surface area contributed by atoms with Gasteiger partial charge < -0.3 is 5.73 Å². The van der Waals surface area contributed by atoms with E-state index in [-0.39, 0.29) is 0 Å². The molecule has 28 heavy (non-hydrogen) atoms. The summed E-state index contributed by atoms with van der Waals surface area (Å²) in [6, 6.07) is 12.3. The quantitative estimate of drug-likeness (QED) is 0.549. The number of rotatable bonds is 6. The van der Waals surface area contributed by atoms with E-state index < -0.39 is 0 Å². The number of hydrogen-bond acceptors (Lipinski definition) is 2. The van der Waals surface area contributed by atoms with E-state index >= 15 is 0 Å². The predicted octanol–water partition coefficient (Wildman–Crippen LogP) is 7.11. The van der Waals surface area contributed by atoms with E-state index in [2.05, 4.69) is 44.0 Å². The highest BCUT2D eigenvalue weighted by molar-refractivity contribution is 5.86. The fourth-order valence-corrected chi connectivity index (χ4v) is 2.81. The Balaban J connectivity index is 0.00000190. The zero-order valence-electron chi connectivity index (χ0n) is 17.8. The molecule has 0 spiro atoms. The van der Waals surface area contributed by atoms with Crippen LogP contribution in [-0.4, -0.2) is 4.98 Å². The lowest BCUT2D eigenvalue weighted by Crippen LogP contribution is -2.00. The Morgan fingerprint density at radius 3 is 1.93 bits per heavy atom. The molecule has 1 aromatic heterocycles. The van der Waals surface area contributed by atoms with E-state index in [1.165, 1.54) is 0 Å². The second kappa shape index (κ2) is 10.9. The summed E-state index contributed by atoms with van der Waals surface area (Å²) in [5, 5.41) is 0.